The highest BCUT2D eigenvalue weighted by Gasteiger charge is 2.26. The summed E-state index contributed by atoms with van der Waals surface area (Å²) in [5.74, 6) is 0.540. The summed E-state index contributed by atoms with van der Waals surface area (Å²) in [5, 5.41) is 14.6. The van der Waals surface area contributed by atoms with Crippen molar-refractivity contribution in [1.82, 2.24) is 24.9 Å². The van der Waals surface area contributed by atoms with Crippen molar-refractivity contribution in [2.45, 2.75) is 45.4 Å². The van der Waals surface area contributed by atoms with Crippen LogP contribution in [0.25, 0.3) is 5.70 Å². The molecule has 0 atom stereocenters. The largest absolute Gasteiger partial charge is 0.358 e. The molecule has 0 unspecified atom stereocenters. The Bertz CT molecular complexity index is 559. The molecule has 1 aromatic heterocycles. The molecule has 0 saturated carbocycles. The van der Waals surface area contributed by atoms with Crippen molar-refractivity contribution in [2.75, 3.05) is 6.54 Å². The van der Waals surface area contributed by atoms with Crippen LogP contribution < -0.4 is 10.3 Å². The minimum absolute atomic E-state index is 0.0197. The lowest BCUT2D eigenvalue weighted by Gasteiger charge is -2.20. The van der Waals surface area contributed by atoms with Gasteiger partial charge < -0.3 is 10.1 Å². The fraction of sp³-hybridized carbons (Fsp3) is 0.643. The van der Waals surface area contributed by atoms with E-state index in [0.29, 0.717) is 5.82 Å². The maximum absolute atomic E-state index is 10.9. The molecular formula is C14H24N6O2S. The van der Waals surface area contributed by atoms with Gasteiger partial charge in [-0.15, -0.1) is 0 Å². The van der Waals surface area contributed by atoms with Gasteiger partial charge in [0.25, 0.3) is 0 Å². The van der Waals surface area contributed by atoms with Crippen molar-refractivity contribution in [2.24, 2.45) is 7.05 Å². The van der Waals surface area contributed by atoms with E-state index in [1.54, 1.807) is 12.2 Å². The van der Waals surface area contributed by atoms with Gasteiger partial charge in [-0.3, -0.25) is 0 Å². The monoisotopic (exact) mass is 340 g/mol. The van der Waals surface area contributed by atoms with Crippen molar-refractivity contribution in [3.05, 3.63) is 27.5 Å². The molecule has 9 heteroatoms. The van der Waals surface area contributed by atoms with Crippen LogP contribution in [-0.2, 0) is 7.05 Å². The number of hydrazine groups is 2. The number of hydrogen-bond acceptors (Lipinski definition) is 7. The van der Waals surface area contributed by atoms with Crippen molar-refractivity contribution < 1.29 is 4.92 Å². The van der Waals surface area contributed by atoms with Crippen LogP contribution in [0.15, 0.2) is 11.6 Å². The minimum atomic E-state index is -0.430. The number of hydrogen-bond donors (Lipinski definition) is 2. The van der Waals surface area contributed by atoms with E-state index in [2.05, 4.69) is 22.2 Å². The van der Waals surface area contributed by atoms with E-state index in [9.17, 15) is 10.1 Å². The predicted octanol–water partition coefficient (Wildman–Crippen LogP) is 2.96. The van der Waals surface area contributed by atoms with Crippen LogP contribution in [0.3, 0.4) is 0 Å². The molecule has 1 aliphatic rings. The zero-order valence-electron chi connectivity index (χ0n) is 13.6. The lowest BCUT2D eigenvalue weighted by molar-refractivity contribution is -0.391. The second-order valence-corrected chi connectivity index (χ2v) is 6.13. The first-order valence-electron chi connectivity index (χ1n) is 7.96. The highest BCUT2D eigenvalue weighted by Crippen LogP contribution is 2.26. The smallest absolute Gasteiger partial charge is 0.342 e. The fourth-order valence-electron chi connectivity index (χ4n) is 2.41. The Kier molecular flexibility index (Phi) is 6.87. The molecule has 1 aromatic rings. The van der Waals surface area contributed by atoms with E-state index in [4.69, 9.17) is 0 Å². The van der Waals surface area contributed by atoms with Gasteiger partial charge in [-0.2, -0.15) is 4.83 Å². The predicted molar refractivity (Wildman–Crippen MR) is 91.8 cm³/mol. The van der Waals surface area contributed by atoms with E-state index in [1.165, 1.54) is 54.8 Å². The SMILES string of the molecule is CCCCCCCCNN1NSC=C1c1ncc([N+](=O)[O-])n1C. The van der Waals surface area contributed by atoms with E-state index in [0.717, 1.165) is 18.7 Å². The molecule has 0 aliphatic carbocycles. The Hall–Kier alpha value is -1.58. The van der Waals surface area contributed by atoms with E-state index in [-0.39, 0.29) is 5.82 Å². The normalized spacial score (nSPS) is 14.3. The Balaban J connectivity index is 1.83. The number of rotatable bonds is 10. The summed E-state index contributed by atoms with van der Waals surface area (Å²) in [6.07, 6.45) is 8.73. The molecule has 0 amide bonds. The first kappa shape index (κ1) is 17.8. The summed E-state index contributed by atoms with van der Waals surface area (Å²) in [7, 11) is 1.65. The fourth-order valence-corrected chi connectivity index (χ4v) is 3.05. The Morgan fingerprint density at radius 3 is 2.78 bits per heavy atom. The third-order valence-corrected chi connectivity index (χ3v) is 4.36. The Morgan fingerprint density at radius 1 is 1.35 bits per heavy atom. The maximum atomic E-state index is 10.9. The minimum Gasteiger partial charge on any atom is -0.358 e. The number of aromatic nitrogens is 2. The molecule has 1 aliphatic heterocycles. The number of unbranched alkanes of at least 4 members (excludes halogenated alkanes) is 5. The standard InChI is InChI=1S/C14H24N6O2S/c1-3-4-5-6-7-8-9-16-19-12(11-23-17-19)14-15-10-13(18(14)2)20(21)22/h10-11,16-17H,3-9H2,1-2H3. The zero-order chi connectivity index (χ0) is 16.7. The van der Waals surface area contributed by atoms with Gasteiger partial charge in [0.15, 0.2) is 0 Å². The van der Waals surface area contributed by atoms with Crippen LogP contribution >= 0.6 is 11.9 Å². The zero-order valence-corrected chi connectivity index (χ0v) is 14.4. The van der Waals surface area contributed by atoms with E-state index < -0.39 is 4.92 Å². The van der Waals surface area contributed by atoms with Crippen molar-refractivity contribution in [3.63, 3.8) is 0 Å². The van der Waals surface area contributed by atoms with Crippen molar-refractivity contribution in [1.29, 1.82) is 0 Å². The molecule has 0 aromatic carbocycles. The van der Waals surface area contributed by atoms with Crippen molar-refractivity contribution >= 4 is 23.5 Å². The molecule has 2 rings (SSSR count). The summed E-state index contributed by atoms with van der Waals surface area (Å²) in [6, 6.07) is 0. The average Bonchev–Trinajstić information content (AvgIpc) is 3.12. The van der Waals surface area contributed by atoms with E-state index in [1.807, 2.05) is 5.41 Å². The molecule has 0 spiro atoms. The number of nitro groups is 1. The first-order valence-corrected chi connectivity index (χ1v) is 8.84. The number of nitrogens with one attached hydrogen (secondary N) is 2. The molecule has 8 nitrogen and oxygen atoms in total. The highest BCUT2D eigenvalue weighted by atomic mass is 32.2. The van der Waals surface area contributed by atoms with Crippen LogP contribution in [0.2, 0.25) is 0 Å². The maximum Gasteiger partial charge on any atom is 0.342 e. The molecular weight excluding hydrogens is 316 g/mol. The molecule has 128 valence electrons. The number of imidazole rings is 1. The number of nitrogens with zero attached hydrogens (tertiary/aromatic N) is 4. The summed E-state index contributed by atoms with van der Waals surface area (Å²) < 4.78 is 1.48. The van der Waals surface area contributed by atoms with Crippen LogP contribution in [0, 0.1) is 10.1 Å². The lowest BCUT2D eigenvalue weighted by Crippen LogP contribution is -2.41. The molecule has 23 heavy (non-hydrogen) atoms. The molecule has 0 bridgehead atoms. The highest BCUT2D eigenvalue weighted by molar-refractivity contribution is 8.00. The lowest BCUT2D eigenvalue weighted by atomic mass is 10.1. The summed E-state index contributed by atoms with van der Waals surface area (Å²) in [4.78, 5) is 17.8. The van der Waals surface area contributed by atoms with Gasteiger partial charge in [0.2, 0.25) is 5.82 Å². The second kappa shape index (κ2) is 8.90. The second-order valence-electron chi connectivity index (χ2n) is 5.48. The van der Waals surface area contributed by atoms with Gasteiger partial charge >= 0.3 is 5.82 Å². The third-order valence-electron chi connectivity index (χ3n) is 3.74. The van der Waals surface area contributed by atoms with Crippen LogP contribution in [-0.4, -0.2) is 26.1 Å². The van der Waals surface area contributed by atoms with Gasteiger partial charge in [0, 0.05) is 12.0 Å². The van der Waals surface area contributed by atoms with E-state index >= 15 is 0 Å². The first-order chi connectivity index (χ1) is 11.1. The average molecular weight is 340 g/mol. The summed E-state index contributed by atoms with van der Waals surface area (Å²) in [6.45, 7) is 3.07. The summed E-state index contributed by atoms with van der Waals surface area (Å²) >= 11 is 1.41. The molecule has 0 radical (unpaired) electrons. The third kappa shape index (κ3) is 4.69. The molecule has 0 saturated heterocycles. The van der Waals surface area contributed by atoms with Gasteiger partial charge in [0.05, 0.1) is 7.05 Å². The van der Waals surface area contributed by atoms with Gasteiger partial charge in [-0.1, -0.05) is 39.0 Å². The topological polar surface area (TPSA) is 88.3 Å². The van der Waals surface area contributed by atoms with Crippen molar-refractivity contribution in [3.8, 4) is 0 Å². The quantitative estimate of drug-likeness (QED) is 0.293. The van der Waals surface area contributed by atoms with Crippen LogP contribution in [0.5, 0.6) is 0 Å². The molecule has 0 fully saturated rings. The molecule has 2 N–H and O–H groups in total. The van der Waals surface area contributed by atoms with Gasteiger partial charge in [-0.05, 0) is 23.3 Å². The van der Waals surface area contributed by atoms with Crippen LogP contribution in [0.1, 0.15) is 51.3 Å². The Morgan fingerprint density at radius 2 is 2.09 bits per heavy atom. The van der Waals surface area contributed by atoms with Gasteiger partial charge in [-0.25, -0.2) is 20.1 Å². The molecule has 2 heterocycles. The van der Waals surface area contributed by atoms with Gasteiger partial charge in [0.1, 0.15) is 11.9 Å². The Labute approximate surface area is 140 Å². The van der Waals surface area contributed by atoms with Crippen LogP contribution in [0.4, 0.5) is 5.82 Å². The summed E-state index contributed by atoms with van der Waals surface area (Å²) in [5.41, 5.74) is 4.09.